The van der Waals surface area contributed by atoms with Crippen LogP contribution in [0, 0.1) is 0 Å². The molecule has 27 heavy (non-hydrogen) atoms. The Morgan fingerprint density at radius 1 is 0.963 bits per heavy atom. The first-order chi connectivity index (χ1) is 13.0. The summed E-state index contributed by atoms with van der Waals surface area (Å²) in [5.74, 6) is -0.0663. The summed E-state index contributed by atoms with van der Waals surface area (Å²) < 4.78 is 1.52. The third kappa shape index (κ3) is 2.82. The summed E-state index contributed by atoms with van der Waals surface area (Å²) in [5, 5.41) is 0.875. The minimum atomic E-state index is -0.335. The number of hydrogen-bond donors (Lipinski definition) is 0. The molecule has 0 saturated heterocycles. The smallest absolute Gasteiger partial charge is 0.261 e. The molecule has 1 aromatic heterocycles. The molecular weight excluding hydrogens is 366 g/mol. The number of aromatic nitrogens is 2. The van der Waals surface area contributed by atoms with Crippen molar-refractivity contribution >= 4 is 34.3 Å². The van der Waals surface area contributed by atoms with Crippen molar-refractivity contribution in [1.29, 1.82) is 0 Å². The van der Waals surface area contributed by atoms with Crippen LogP contribution < -0.4 is 5.56 Å². The van der Waals surface area contributed by atoms with Crippen LogP contribution in [-0.2, 0) is 13.0 Å². The molecule has 136 valence electrons. The minimum absolute atomic E-state index is 0.104. The number of amides is 2. The summed E-state index contributed by atoms with van der Waals surface area (Å²) in [6, 6.07) is 11.7. The first-order valence-electron chi connectivity index (χ1n) is 8.65. The highest BCUT2D eigenvalue weighted by Gasteiger charge is 2.34. The van der Waals surface area contributed by atoms with E-state index in [-0.39, 0.29) is 30.5 Å². The molecule has 1 aliphatic heterocycles. The fourth-order valence-electron chi connectivity index (χ4n) is 3.38. The van der Waals surface area contributed by atoms with Crippen LogP contribution >= 0.6 is 11.6 Å². The Kier molecular flexibility index (Phi) is 4.28. The van der Waals surface area contributed by atoms with Crippen LogP contribution in [0.15, 0.2) is 47.3 Å². The van der Waals surface area contributed by atoms with Crippen molar-refractivity contribution < 1.29 is 9.59 Å². The highest BCUT2D eigenvalue weighted by molar-refractivity contribution is 6.31. The maximum atomic E-state index is 12.9. The van der Waals surface area contributed by atoms with Gasteiger partial charge in [0.05, 0.1) is 22.0 Å². The van der Waals surface area contributed by atoms with Gasteiger partial charge in [-0.3, -0.25) is 23.9 Å². The lowest BCUT2D eigenvalue weighted by Crippen LogP contribution is -2.36. The summed E-state index contributed by atoms with van der Waals surface area (Å²) in [5.41, 5.74) is 1.15. The fourth-order valence-corrected chi connectivity index (χ4v) is 3.55. The first kappa shape index (κ1) is 17.4. The number of fused-ring (bicyclic) bond motifs is 2. The standard InChI is InChI=1S/C20H16ClN3O3/c1-2-17-22-16-8-7-12(21)11-15(16)20(27)23(17)9-10-24-18(25)13-5-3-4-6-14(13)19(24)26/h3-8,11H,2,9-10H2,1H3. The van der Waals surface area contributed by atoms with E-state index in [2.05, 4.69) is 4.98 Å². The van der Waals surface area contributed by atoms with E-state index in [1.165, 1.54) is 9.47 Å². The van der Waals surface area contributed by atoms with Crippen molar-refractivity contribution in [3.63, 3.8) is 0 Å². The van der Waals surface area contributed by atoms with E-state index in [0.29, 0.717) is 39.3 Å². The van der Waals surface area contributed by atoms with Crippen LogP contribution in [0.3, 0.4) is 0 Å². The van der Waals surface area contributed by atoms with Gasteiger partial charge in [-0.25, -0.2) is 4.98 Å². The Bertz CT molecular complexity index is 1120. The molecule has 0 aliphatic carbocycles. The van der Waals surface area contributed by atoms with Crippen LogP contribution in [0.4, 0.5) is 0 Å². The molecule has 0 radical (unpaired) electrons. The average Bonchev–Trinajstić information content (AvgIpc) is 2.92. The predicted molar refractivity (Wildman–Crippen MR) is 102 cm³/mol. The maximum absolute atomic E-state index is 12.9. The molecule has 2 amide bonds. The molecule has 2 heterocycles. The SMILES string of the molecule is CCc1nc2ccc(Cl)cc2c(=O)n1CCN1C(=O)c2ccccc2C1=O. The number of rotatable bonds is 4. The number of aryl methyl sites for hydroxylation is 1. The fraction of sp³-hybridized carbons (Fsp3) is 0.200. The lowest BCUT2D eigenvalue weighted by Gasteiger charge is -2.17. The molecule has 0 unspecified atom stereocenters. The monoisotopic (exact) mass is 381 g/mol. The van der Waals surface area contributed by atoms with Gasteiger partial charge in [0.1, 0.15) is 5.82 Å². The molecule has 0 spiro atoms. The number of carbonyl (C=O) groups excluding carboxylic acids is 2. The van der Waals surface area contributed by atoms with Crippen molar-refractivity contribution in [3.8, 4) is 0 Å². The Morgan fingerprint density at radius 2 is 1.63 bits per heavy atom. The molecule has 0 fully saturated rings. The van der Waals surface area contributed by atoms with E-state index in [1.54, 1.807) is 42.5 Å². The van der Waals surface area contributed by atoms with Gasteiger partial charge in [-0.2, -0.15) is 0 Å². The third-order valence-corrected chi connectivity index (χ3v) is 4.97. The Morgan fingerprint density at radius 3 is 2.26 bits per heavy atom. The molecule has 0 atom stereocenters. The van der Waals surface area contributed by atoms with E-state index >= 15 is 0 Å². The first-order valence-corrected chi connectivity index (χ1v) is 9.03. The molecule has 1 aliphatic rings. The number of halogens is 1. The molecule has 0 bridgehead atoms. The van der Waals surface area contributed by atoms with E-state index in [0.717, 1.165) is 0 Å². The average molecular weight is 382 g/mol. The lowest BCUT2D eigenvalue weighted by molar-refractivity contribution is 0.0648. The number of benzene rings is 2. The van der Waals surface area contributed by atoms with E-state index in [4.69, 9.17) is 11.6 Å². The van der Waals surface area contributed by atoms with Gasteiger partial charge in [0.2, 0.25) is 0 Å². The Hall–Kier alpha value is -2.99. The van der Waals surface area contributed by atoms with Crippen molar-refractivity contribution in [2.45, 2.75) is 19.9 Å². The zero-order valence-electron chi connectivity index (χ0n) is 14.6. The van der Waals surface area contributed by atoms with Crippen molar-refractivity contribution in [2.24, 2.45) is 0 Å². The van der Waals surface area contributed by atoms with Crippen LogP contribution in [0.25, 0.3) is 10.9 Å². The molecular formula is C20H16ClN3O3. The largest absolute Gasteiger partial charge is 0.294 e. The quantitative estimate of drug-likeness (QED) is 0.651. The van der Waals surface area contributed by atoms with Gasteiger partial charge in [-0.05, 0) is 30.3 Å². The van der Waals surface area contributed by atoms with Gasteiger partial charge >= 0.3 is 0 Å². The van der Waals surface area contributed by atoms with Gasteiger partial charge in [-0.15, -0.1) is 0 Å². The second-order valence-electron chi connectivity index (χ2n) is 6.31. The van der Waals surface area contributed by atoms with Crippen molar-refractivity contribution in [2.75, 3.05) is 6.54 Å². The zero-order valence-corrected chi connectivity index (χ0v) is 15.4. The third-order valence-electron chi connectivity index (χ3n) is 4.74. The van der Waals surface area contributed by atoms with Gasteiger partial charge < -0.3 is 0 Å². The zero-order chi connectivity index (χ0) is 19.1. The summed E-state index contributed by atoms with van der Waals surface area (Å²) in [4.78, 5) is 43.7. The minimum Gasteiger partial charge on any atom is -0.294 e. The summed E-state index contributed by atoms with van der Waals surface area (Å²) >= 11 is 6.01. The summed E-state index contributed by atoms with van der Waals surface area (Å²) in [7, 11) is 0. The number of nitrogens with zero attached hydrogens (tertiary/aromatic N) is 3. The summed E-state index contributed by atoms with van der Waals surface area (Å²) in [6.07, 6.45) is 0.552. The maximum Gasteiger partial charge on any atom is 0.261 e. The topological polar surface area (TPSA) is 72.3 Å². The molecule has 6 nitrogen and oxygen atoms in total. The van der Waals surface area contributed by atoms with Crippen LogP contribution in [0.5, 0.6) is 0 Å². The highest BCUT2D eigenvalue weighted by atomic mass is 35.5. The van der Waals surface area contributed by atoms with Crippen LogP contribution in [-0.4, -0.2) is 32.8 Å². The molecule has 2 aromatic carbocycles. The molecule has 0 saturated carbocycles. The van der Waals surface area contributed by atoms with E-state index in [1.807, 2.05) is 6.92 Å². The molecule has 0 N–H and O–H groups in total. The van der Waals surface area contributed by atoms with E-state index < -0.39 is 0 Å². The highest BCUT2D eigenvalue weighted by Crippen LogP contribution is 2.22. The number of hydrogen-bond acceptors (Lipinski definition) is 4. The van der Waals surface area contributed by atoms with Gasteiger partial charge in [0, 0.05) is 24.5 Å². The van der Waals surface area contributed by atoms with Crippen LogP contribution in [0.1, 0.15) is 33.5 Å². The number of carbonyl (C=O) groups is 2. The normalized spacial score (nSPS) is 13.5. The second kappa shape index (κ2) is 6.63. The lowest BCUT2D eigenvalue weighted by atomic mass is 10.1. The van der Waals surface area contributed by atoms with Gasteiger partial charge in [0.25, 0.3) is 17.4 Å². The molecule has 7 heteroatoms. The predicted octanol–water partition coefficient (Wildman–Crippen LogP) is 2.91. The number of imide groups is 1. The Labute approximate surface area is 160 Å². The van der Waals surface area contributed by atoms with Crippen LogP contribution in [0.2, 0.25) is 5.02 Å². The summed E-state index contributed by atoms with van der Waals surface area (Å²) in [6.45, 7) is 2.19. The van der Waals surface area contributed by atoms with Crippen molar-refractivity contribution in [1.82, 2.24) is 14.5 Å². The van der Waals surface area contributed by atoms with Gasteiger partial charge in [0.15, 0.2) is 0 Å². The Balaban J connectivity index is 1.69. The van der Waals surface area contributed by atoms with E-state index in [9.17, 15) is 14.4 Å². The molecule has 4 rings (SSSR count). The van der Waals surface area contributed by atoms with Gasteiger partial charge in [-0.1, -0.05) is 30.7 Å². The molecule has 3 aromatic rings. The van der Waals surface area contributed by atoms with Crippen molar-refractivity contribution in [3.05, 3.63) is 74.8 Å². The second-order valence-corrected chi connectivity index (χ2v) is 6.74.